The Labute approximate surface area is 105 Å². The first-order chi connectivity index (χ1) is 7.78. The highest BCUT2D eigenvalue weighted by atomic mass is 79.9. The standard InChI is InChI=1S/C13H17BrO2/c1-2-15-11-3-5-12(6-4-11)16-10-13(9-14)7-8-13/h3-6H,2,7-10H2,1H3. The van der Waals surface area contributed by atoms with E-state index in [0.29, 0.717) is 12.0 Å². The van der Waals surface area contributed by atoms with Crippen molar-refractivity contribution < 1.29 is 9.47 Å². The number of alkyl halides is 1. The monoisotopic (exact) mass is 284 g/mol. The molecule has 0 radical (unpaired) electrons. The summed E-state index contributed by atoms with van der Waals surface area (Å²) in [7, 11) is 0. The third-order valence-corrected chi connectivity index (χ3v) is 4.11. The molecule has 0 atom stereocenters. The number of benzene rings is 1. The second kappa shape index (κ2) is 5.09. The maximum Gasteiger partial charge on any atom is 0.119 e. The van der Waals surface area contributed by atoms with Crippen molar-refractivity contribution in [1.29, 1.82) is 0 Å². The highest BCUT2D eigenvalue weighted by Crippen LogP contribution is 2.47. The Balaban J connectivity index is 1.85. The Morgan fingerprint density at radius 1 is 1.12 bits per heavy atom. The number of hydrogen-bond donors (Lipinski definition) is 0. The Morgan fingerprint density at radius 3 is 2.12 bits per heavy atom. The van der Waals surface area contributed by atoms with E-state index in [1.165, 1.54) is 12.8 Å². The average molecular weight is 285 g/mol. The molecule has 2 rings (SSSR count). The van der Waals surface area contributed by atoms with E-state index in [1.54, 1.807) is 0 Å². The second-order valence-corrected chi connectivity index (χ2v) is 4.89. The van der Waals surface area contributed by atoms with Crippen LogP contribution in [0.5, 0.6) is 11.5 Å². The lowest BCUT2D eigenvalue weighted by molar-refractivity contribution is 0.250. The Kier molecular flexibility index (Phi) is 3.74. The van der Waals surface area contributed by atoms with Crippen LogP contribution < -0.4 is 9.47 Å². The molecule has 88 valence electrons. The van der Waals surface area contributed by atoms with Crippen molar-refractivity contribution in [2.75, 3.05) is 18.5 Å². The van der Waals surface area contributed by atoms with Crippen LogP contribution in [0.1, 0.15) is 19.8 Å². The van der Waals surface area contributed by atoms with Gasteiger partial charge in [-0.1, -0.05) is 15.9 Å². The smallest absolute Gasteiger partial charge is 0.119 e. The molecule has 0 amide bonds. The topological polar surface area (TPSA) is 18.5 Å². The predicted molar refractivity (Wildman–Crippen MR) is 68.6 cm³/mol. The molecule has 0 spiro atoms. The van der Waals surface area contributed by atoms with Gasteiger partial charge in [0.1, 0.15) is 11.5 Å². The molecule has 2 nitrogen and oxygen atoms in total. The molecular formula is C13H17BrO2. The first-order valence-electron chi connectivity index (χ1n) is 5.70. The van der Waals surface area contributed by atoms with Gasteiger partial charge in [-0.25, -0.2) is 0 Å². The third kappa shape index (κ3) is 2.91. The first-order valence-corrected chi connectivity index (χ1v) is 6.82. The molecule has 0 bridgehead atoms. The molecule has 0 heterocycles. The zero-order valence-corrected chi connectivity index (χ0v) is 11.1. The van der Waals surface area contributed by atoms with Crippen molar-refractivity contribution in [1.82, 2.24) is 0 Å². The maximum absolute atomic E-state index is 5.77. The molecule has 1 aromatic carbocycles. The fourth-order valence-corrected chi connectivity index (χ4v) is 2.25. The van der Waals surface area contributed by atoms with Crippen molar-refractivity contribution >= 4 is 15.9 Å². The molecule has 1 aliphatic rings. The number of rotatable bonds is 6. The summed E-state index contributed by atoms with van der Waals surface area (Å²) in [4.78, 5) is 0. The molecule has 0 unspecified atom stereocenters. The van der Waals surface area contributed by atoms with E-state index in [1.807, 2.05) is 31.2 Å². The average Bonchev–Trinajstić information content (AvgIpc) is 3.09. The van der Waals surface area contributed by atoms with Gasteiger partial charge >= 0.3 is 0 Å². The van der Waals surface area contributed by atoms with Crippen LogP contribution in [0.2, 0.25) is 0 Å². The van der Waals surface area contributed by atoms with Crippen LogP contribution in [-0.4, -0.2) is 18.5 Å². The lowest BCUT2D eigenvalue weighted by Crippen LogP contribution is -2.14. The summed E-state index contributed by atoms with van der Waals surface area (Å²) in [5.74, 6) is 1.83. The number of hydrogen-bond acceptors (Lipinski definition) is 2. The fourth-order valence-electron chi connectivity index (χ4n) is 1.53. The van der Waals surface area contributed by atoms with Gasteiger partial charge < -0.3 is 9.47 Å². The van der Waals surface area contributed by atoms with Crippen molar-refractivity contribution in [3.63, 3.8) is 0 Å². The van der Waals surface area contributed by atoms with Gasteiger partial charge in [-0.3, -0.25) is 0 Å². The third-order valence-electron chi connectivity index (χ3n) is 2.92. The minimum atomic E-state index is 0.401. The number of ether oxygens (including phenoxy) is 2. The molecule has 0 saturated heterocycles. The normalized spacial score (nSPS) is 16.9. The minimum absolute atomic E-state index is 0.401. The summed E-state index contributed by atoms with van der Waals surface area (Å²) in [6.45, 7) is 3.50. The lowest BCUT2D eigenvalue weighted by atomic mass is 10.2. The molecule has 1 saturated carbocycles. The van der Waals surface area contributed by atoms with Gasteiger partial charge in [0.15, 0.2) is 0 Å². The van der Waals surface area contributed by atoms with Crippen LogP contribution in [-0.2, 0) is 0 Å². The molecule has 1 fully saturated rings. The van der Waals surface area contributed by atoms with Crippen LogP contribution in [0.15, 0.2) is 24.3 Å². The highest BCUT2D eigenvalue weighted by Gasteiger charge is 2.42. The molecular weight excluding hydrogens is 268 g/mol. The van der Waals surface area contributed by atoms with E-state index >= 15 is 0 Å². The summed E-state index contributed by atoms with van der Waals surface area (Å²) in [6.07, 6.45) is 2.55. The van der Waals surface area contributed by atoms with Gasteiger partial charge in [-0.15, -0.1) is 0 Å². The van der Waals surface area contributed by atoms with E-state index < -0.39 is 0 Å². The lowest BCUT2D eigenvalue weighted by Gasteiger charge is -2.13. The Morgan fingerprint density at radius 2 is 1.69 bits per heavy atom. The van der Waals surface area contributed by atoms with E-state index in [0.717, 1.165) is 23.4 Å². The van der Waals surface area contributed by atoms with E-state index in [2.05, 4.69) is 15.9 Å². The Bertz CT molecular complexity index is 330. The molecule has 0 aliphatic heterocycles. The van der Waals surface area contributed by atoms with Crippen LogP contribution in [0.3, 0.4) is 0 Å². The summed E-state index contributed by atoms with van der Waals surface area (Å²) < 4.78 is 11.1. The second-order valence-electron chi connectivity index (χ2n) is 4.33. The molecule has 16 heavy (non-hydrogen) atoms. The van der Waals surface area contributed by atoms with Gasteiger partial charge in [-0.05, 0) is 44.0 Å². The summed E-state index contributed by atoms with van der Waals surface area (Å²) in [5.41, 5.74) is 0.401. The van der Waals surface area contributed by atoms with Crippen molar-refractivity contribution in [3.05, 3.63) is 24.3 Å². The minimum Gasteiger partial charge on any atom is -0.494 e. The molecule has 1 aromatic rings. The van der Waals surface area contributed by atoms with E-state index in [4.69, 9.17) is 9.47 Å². The van der Waals surface area contributed by atoms with Crippen molar-refractivity contribution in [2.45, 2.75) is 19.8 Å². The fraction of sp³-hybridized carbons (Fsp3) is 0.538. The summed E-state index contributed by atoms with van der Waals surface area (Å²) in [6, 6.07) is 7.84. The van der Waals surface area contributed by atoms with Gasteiger partial charge in [-0.2, -0.15) is 0 Å². The van der Waals surface area contributed by atoms with Gasteiger partial charge in [0, 0.05) is 10.7 Å². The predicted octanol–water partition coefficient (Wildman–Crippen LogP) is 3.64. The maximum atomic E-state index is 5.77. The highest BCUT2D eigenvalue weighted by molar-refractivity contribution is 9.09. The van der Waals surface area contributed by atoms with Crippen molar-refractivity contribution in [3.8, 4) is 11.5 Å². The van der Waals surface area contributed by atoms with E-state index in [-0.39, 0.29) is 0 Å². The van der Waals surface area contributed by atoms with Gasteiger partial charge in [0.2, 0.25) is 0 Å². The molecule has 0 N–H and O–H groups in total. The molecule has 0 aromatic heterocycles. The Hall–Kier alpha value is -0.700. The zero-order chi connectivity index (χ0) is 11.4. The summed E-state index contributed by atoms with van der Waals surface area (Å²) >= 11 is 3.54. The zero-order valence-electron chi connectivity index (χ0n) is 9.54. The molecule has 1 aliphatic carbocycles. The van der Waals surface area contributed by atoms with Crippen LogP contribution >= 0.6 is 15.9 Å². The SMILES string of the molecule is CCOc1ccc(OCC2(CBr)CC2)cc1. The van der Waals surface area contributed by atoms with Crippen molar-refractivity contribution in [2.24, 2.45) is 5.41 Å². The van der Waals surface area contributed by atoms with E-state index in [9.17, 15) is 0 Å². The largest absolute Gasteiger partial charge is 0.494 e. The molecule has 3 heteroatoms. The quantitative estimate of drug-likeness (QED) is 0.743. The summed E-state index contributed by atoms with van der Waals surface area (Å²) in [5, 5.41) is 1.04. The van der Waals surface area contributed by atoms with Gasteiger partial charge in [0.25, 0.3) is 0 Å². The van der Waals surface area contributed by atoms with Gasteiger partial charge in [0.05, 0.1) is 13.2 Å². The van der Waals surface area contributed by atoms with Crippen LogP contribution in [0.25, 0.3) is 0 Å². The van der Waals surface area contributed by atoms with Crippen LogP contribution in [0.4, 0.5) is 0 Å². The number of halogens is 1. The van der Waals surface area contributed by atoms with Crippen LogP contribution in [0, 0.1) is 5.41 Å². The first kappa shape index (κ1) is 11.8.